The van der Waals surface area contributed by atoms with Gasteiger partial charge < -0.3 is 9.47 Å². The third kappa shape index (κ3) is 1.96. The molecule has 0 fully saturated rings. The van der Waals surface area contributed by atoms with Gasteiger partial charge in [0, 0.05) is 0 Å². The molecule has 1 unspecified atom stereocenters. The average molecular weight is 190 g/mol. The molecule has 1 heterocycles. The Labute approximate surface area is 84.2 Å². The van der Waals surface area contributed by atoms with Gasteiger partial charge in [-0.2, -0.15) is 0 Å². The van der Waals surface area contributed by atoms with Crippen LogP contribution in [0.1, 0.15) is 18.1 Å². The Kier molecular flexibility index (Phi) is 2.84. The summed E-state index contributed by atoms with van der Waals surface area (Å²) in [5, 5.41) is 0. The van der Waals surface area contributed by atoms with Gasteiger partial charge in [0.15, 0.2) is 0 Å². The van der Waals surface area contributed by atoms with Crippen molar-refractivity contribution in [1.29, 1.82) is 0 Å². The Morgan fingerprint density at radius 1 is 1.21 bits per heavy atom. The molecule has 0 radical (unpaired) electrons. The number of benzene rings is 1. The van der Waals surface area contributed by atoms with Crippen molar-refractivity contribution >= 4 is 0 Å². The van der Waals surface area contributed by atoms with Crippen LogP contribution in [-0.4, -0.2) is 13.7 Å². The largest absolute Gasteiger partial charge is 0.497 e. The lowest BCUT2D eigenvalue weighted by atomic mass is 10.0. The average Bonchev–Trinajstić information content (AvgIpc) is 2.30. The summed E-state index contributed by atoms with van der Waals surface area (Å²) in [6.07, 6.45) is 5.40. The zero-order valence-electron chi connectivity index (χ0n) is 8.27. The molecule has 74 valence electrons. The maximum absolute atomic E-state index is 5.61. The summed E-state index contributed by atoms with van der Waals surface area (Å²) >= 11 is 0. The molecule has 1 atom stereocenters. The third-order valence-electron chi connectivity index (χ3n) is 2.40. The van der Waals surface area contributed by atoms with Gasteiger partial charge in [0.25, 0.3) is 0 Å². The predicted molar refractivity (Wildman–Crippen MR) is 55.4 cm³/mol. The van der Waals surface area contributed by atoms with Gasteiger partial charge in [0.05, 0.1) is 19.8 Å². The first-order valence-electron chi connectivity index (χ1n) is 4.80. The molecule has 0 saturated carbocycles. The van der Waals surface area contributed by atoms with Crippen LogP contribution in [0.2, 0.25) is 0 Å². The lowest BCUT2D eigenvalue weighted by Gasteiger charge is -2.19. The number of rotatable bonds is 2. The molecule has 2 heteroatoms. The van der Waals surface area contributed by atoms with Crippen LogP contribution >= 0.6 is 0 Å². The molecule has 14 heavy (non-hydrogen) atoms. The van der Waals surface area contributed by atoms with E-state index in [1.165, 1.54) is 5.56 Å². The molecule has 0 N–H and O–H groups in total. The maximum Gasteiger partial charge on any atom is 0.118 e. The van der Waals surface area contributed by atoms with Crippen molar-refractivity contribution in [3.05, 3.63) is 42.0 Å². The van der Waals surface area contributed by atoms with E-state index in [1.807, 2.05) is 12.1 Å². The van der Waals surface area contributed by atoms with Gasteiger partial charge in [0.1, 0.15) is 5.75 Å². The summed E-state index contributed by atoms with van der Waals surface area (Å²) in [4.78, 5) is 0. The van der Waals surface area contributed by atoms with Crippen LogP contribution in [0.5, 0.6) is 5.75 Å². The van der Waals surface area contributed by atoms with E-state index in [0.717, 1.165) is 18.8 Å². The van der Waals surface area contributed by atoms with E-state index in [0.29, 0.717) is 0 Å². The van der Waals surface area contributed by atoms with Crippen LogP contribution in [0.25, 0.3) is 0 Å². The molecular formula is C12H14O2. The van der Waals surface area contributed by atoms with Crippen LogP contribution in [0, 0.1) is 0 Å². The van der Waals surface area contributed by atoms with E-state index in [4.69, 9.17) is 9.47 Å². The minimum atomic E-state index is 0.214. The van der Waals surface area contributed by atoms with Crippen molar-refractivity contribution < 1.29 is 9.47 Å². The van der Waals surface area contributed by atoms with E-state index in [-0.39, 0.29) is 6.10 Å². The van der Waals surface area contributed by atoms with E-state index < -0.39 is 0 Å². The summed E-state index contributed by atoms with van der Waals surface area (Å²) in [6.45, 7) is 0.719. The molecule has 1 aliphatic rings. The first-order valence-corrected chi connectivity index (χ1v) is 4.80. The molecule has 0 saturated heterocycles. The molecular weight excluding hydrogens is 176 g/mol. The summed E-state index contributed by atoms with van der Waals surface area (Å²) in [7, 11) is 1.68. The highest BCUT2D eigenvalue weighted by atomic mass is 16.5. The fourth-order valence-corrected chi connectivity index (χ4v) is 1.58. The molecule has 1 aromatic carbocycles. The van der Waals surface area contributed by atoms with Crippen LogP contribution in [0.4, 0.5) is 0 Å². The monoisotopic (exact) mass is 190 g/mol. The number of hydrogen-bond donors (Lipinski definition) is 0. The zero-order valence-corrected chi connectivity index (χ0v) is 8.27. The van der Waals surface area contributed by atoms with Crippen LogP contribution in [0.3, 0.4) is 0 Å². The SMILES string of the molecule is COc1ccc(C2CC=CCO2)cc1. The Hall–Kier alpha value is -1.28. The Balaban J connectivity index is 2.12. The molecule has 0 aliphatic carbocycles. The molecule has 0 bridgehead atoms. The lowest BCUT2D eigenvalue weighted by molar-refractivity contribution is 0.0677. The van der Waals surface area contributed by atoms with Gasteiger partial charge in [-0.05, 0) is 24.1 Å². The minimum Gasteiger partial charge on any atom is -0.497 e. The quantitative estimate of drug-likeness (QED) is 0.667. The second-order valence-electron chi connectivity index (χ2n) is 3.30. The summed E-state index contributed by atoms with van der Waals surface area (Å²) < 4.78 is 10.7. The molecule has 2 nitrogen and oxygen atoms in total. The molecule has 0 spiro atoms. The van der Waals surface area contributed by atoms with Crippen molar-refractivity contribution in [3.63, 3.8) is 0 Å². The normalized spacial score (nSPS) is 20.8. The molecule has 0 amide bonds. The molecule has 2 rings (SSSR count). The highest BCUT2D eigenvalue weighted by Crippen LogP contribution is 2.25. The van der Waals surface area contributed by atoms with Gasteiger partial charge in [-0.1, -0.05) is 24.3 Å². The van der Waals surface area contributed by atoms with E-state index in [2.05, 4.69) is 24.3 Å². The van der Waals surface area contributed by atoms with E-state index >= 15 is 0 Å². The van der Waals surface area contributed by atoms with Crippen LogP contribution < -0.4 is 4.74 Å². The Morgan fingerprint density at radius 3 is 2.57 bits per heavy atom. The predicted octanol–water partition coefficient (Wildman–Crippen LogP) is 2.71. The minimum absolute atomic E-state index is 0.214. The number of ether oxygens (including phenoxy) is 2. The van der Waals surface area contributed by atoms with E-state index in [9.17, 15) is 0 Å². The van der Waals surface area contributed by atoms with Gasteiger partial charge in [-0.15, -0.1) is 0 Å². The standard InChI is InChI=1S/C12H14O2/c1-13-11-7-5-10(6-8-11)12-4-2-3-9-14-12/h2-3,5-8,12H,4,9H2,1H3. The maximum atomic E-state index is 5.61. The van der Waals surface area contributed by atoms with Gasteiger partial charge >= 0.3 is 0 Å². The second kappa shape index (κ2) is 4.29. The summed E-state index contributed by atoms with van der Waals surface area (Å²) in [5.74, 6) is 0.889. The summed E-state index contributed by atoms with van der Waals surface area (Å²) in [6, 6.07) is 8.05. The van der Waals surface area contributed by atoms with Gasteiger partial charge in [-0.25, -0.2) is 0 Å². The first kappa shape index (κ1) is 9.28. The lowest BCUT2D eigenvalue weighted by Crippen LogP contribution is -2.07. The smallest absolute Gasteiger partial charge is 0.118 e. The molecule has 1 aromatic rings. The highest BCUT2D eigenvalue weighted by Gasteiger charge is 2.12. The Bertz CT molecular complexity index is 314. The van der Waals surface area contributed by atoms with Crippen LogP contribution in [0.15, 0.2) is 36.4 Å². The molecule has 0 aromatic heterocycles. The van der Waals surface area contributed by atoms with E-state index in [1.54, 1.807) is 7.11 Å². The Morgan fingerprint density at radius 2 is 2.00 bits per heavy atom. The van der Waals surface area contributed by atoms with Crippen molar-refractivity contribution in [1.82, 2.24) is 0 Å². The summed E-state index contributed by atoms with van der Waals surface area (Å²) in [5.41, 5.74) is 1.22. The fourth-order valence-electron chi connectivity index (χ4n) is 1.58. The van der Waals surface area contributed by atoms with Crippen molar-refractivity contribution in [3.8, 4) is 5.75 Å². The van der Waals surface area contributed by atoms with Crippen LogP contribution in [-0.2, 0) is 4.74 Å². The van der Waals surface area contributed by atoms with Gasteiger partial charge in [0.2, 0.25) is 0 Å². The third-order valence-corrected chi connectivity index (χ3v) is 2.40. The van der Waals surface area contributed by atoms with Crippen molar-refractivity contribution in [2.75, 3.05) is 13.7 Å². The van der Waals surface area contributed by atoms with Crippen molar-refractivity contribution in [2.45, 2.75) is 12.5 Å². The fraction of sp³-hybridized carbons (Fsp3) is 0.333. The highest BCUT2D eigenvalue weighted by molar-refractivity contribution is 5.29. The number of methoxy groups -OCH3 is 1. The number of hydrogen-bond acceptors (Lipinski definition) is 2. The van der Waals surface area contributed by atoms with Gasteiger partial charge in [-0.3, -0.25) is 0 Å². The first-order chi connectivity index (χ1) is 6.90. The topological polar surface area (TPSA) is 18.5 Å². The molecule has 1 aliphatic heterocycles. The van der Waals surface area contributed by atoms with Crippen molar-refractivity contribution in [2.24, 2.45) is 0 Å². The zero-order chi connectivity index (χ0) is 9.80. The second-order valence-corrected chi connectivity index (χ2v) is 3.30.